The van der Waals surface area contributed by atoms with Crippen LogP contribution in [0.5, 0.6) is 0 Å². The van der Waals surface area contributed by atoms with Gasteiger partial charge in [0.25, 0.3) is 0 Å². The van der Waals surface area contributed by atoms with Gasteiger partial charge in [0, 0.05) is 10.5 Å². The van der Waals surface area contributed by atoms with E-state index in [-0.39, 0.29) is 0 Å². The van der Waals surface area contributed by atoms with E-state index in [9.17, 15) is 0 Å². The van der Waals surface area contributed by atoms with Crippen LogP contribution in [0, 0.1) is 6.92 Å². The normalized spacial score (nSPS) is 11.1. The van der Waals surface area contributed by atoms with E-state index in [0.717, 1.165) is 10.2 Å². The number of hydrogen-bond acceptors (Lipinski definition) is 1. The fraction of sp³-hybridized carbons (Fsp3) is 0.308. The number of halogens is 1. The summed E-state index contributed by atoms with van der Waals surface area (Å²) in [5, 5.41) is 4.51. The quantitative estimate of drug-likeness (QED) is 0.805. The van der Waals surface area contributed by atoms with E-state index in [0.29, 0.717) is 6.04 Å². The molecule has 0 N–H and O–H groups in total. The summed E-state index contributed by atoms with van der Waals surface area (Å²) in [5.74, 6) is 0. The first-order valence-corrected chi connectivity index (χ1v) is 6.19. The highest BCUT2D eigenvalue weighted by Gasteiger charge is 2.09. The van der Waals surface area contributed by atoms with Crippen LogP contribution in [-0.4, -0.2) is 9.78 Å². The zero-order chi connectivity index (χ0) is 11.7. The zero-order valence-electron chi connectivity index (χ0n) is 9.74. The van der Waals surface area contributed by atoms with E-state index in [4.69, 9.17) is 0 Å². The van der Waals surface area contributed by atoms with Crippen molar-refractivity contribution in [3.8, 4) is 11.3 Å². The molecule has 0 aliphatic rings. The molecule has 0 aliphatic heterocycles. The number of aromatic nitrogens is 2. The van der Waals surface area contributed by atoms with Crippen LogP contribution in [0.1, 0.15) is 25.6 Å². The monoisotopic (exact) mass is 278 g/mol. The Morgan fingerprint density at radius 3 is 2.38 bits per heavy atom. The first-order valence-electron chi connectivity index (χ1n) is 5.40. The van der Waals surface area contributed by atoms with Crippen molar-refractivity contribution in [2.24, 2.45) is 0 Å². The van der Waals surface area contributed by atoms with Crippen LogP contribution >= 0.6 is 15.9 Å². The van der Waals surface area contributed by atoms with Crippen molar-refractivity contribution in [2.75, 3.05) is 0 Å². The number of benzene rings is 1. The van der Waals surface area contributed by atoms with Crippen molar-refractivity contribution < 1.29 is 0 Å². The summed E-state index contributed by atoms with van der Waals surface area (Å²) in [6.07, 6.45) is 0. The Hall–Kier alpha value is -1.09. The van der Waals surface area contributed by atoms with Gasteiger partial charge in [-0.1, -0.05) is 28.1 Å². The second-order valence-corrected chi connectivity index (χ2v) is 5.13. The largest absolute Gasteiger partial charge is 0.262 e. The molecule has 2 nitrogen and oxygen atoms in total. The minimum absolute atomic E-state index is 0.382. The summed E-state index contributed by atoms with van der Waals surface area (Å²) in [6.45, 7) is 6.32. The molecule has 0 bridgehead atoms. The van der Waals surface area contributed by atoms with Gasteiger partial charge in [0.1, 0.15) is 0 Å². The first kappa shape index (κ1) is 11.4. The fourth-order valence-electron chi connectivity index (χ4n) is 1.75. The molecule has 0 fully saturated rings. The van der Waals surface area contributed by atoms with Crippen LogP contribution in [0.15, 0.2) is 34.8 Å². The number of nitrogens with zero attached hydrogens (tertiary/aromatic N) is 2. The van der Waals surface area contributed by atoms with Gasteiger partial charge in [0.05, 0.1) is 11.4 Å². The highest BCUT2D eigenvalue weighted by molar-refractivity contribution is 9.10. The van der Waals surface area contributed by atoms with E-state index in [1.165, 1.54) is 11.3 Å². The maximum absolute atomic E-state index is 4.51. The van der Waals surface area contributed by atoms with Gasteiger partial charge >= 0.3 is 0 Å². The SMILES string of the molecule is Cc1cc(-c2ccc(Br)cc2)n(C(C)C)n1. The van der Waals surface area contributed by atoms with Crippen LogP contribution in [0.25, 0.3) is 11.3 Å². The number of rotatable bonds is 2. The number of hydrogen-bond donors (Lipinski definition) is 0. The molecule has 1 aromatic heterocycles. The molecule has 2 aromatic rings. The van der Waals surface area contributed by atoms with E-state index < -0.39 is 0 Å². The molecule has 3 heteroatoms. The van der Waals surface area contributed by atoms with Crippen molar-refractivity contribution in [2.45, 2.75) is 26.8 Å². The molecule has 1 heterocycles. The van der Waals surface area contributed by atoms with Gasteiger partial charge in [-0.25, -0.2) is 0 Å². The molecular formula is C13H15BrN2. The maximum Gasteiger partial charge on any atom is 0.0688 e. The summed E-state index contributed by atoms with van der Waals surface area (Å²) in [5.41, 5.74) is 3.45. The van der Waals surface area contributed by atoms with Crippen LogP contribution in [0.2, 0.25) is 0 Å². The minimum atomic E-state index is 0.382. The Balaban J connectivity index is 2.50. The van der Waals surface area contributed by atoms with Gasteiger partial charge < -0.3 is 0 Å². The van der Waals surface area contributed by atoms with Crippen LogP contribution in [-0.2, 0) is 0 Å². The summed E-state index contributed by atoms with van der Waals surface area (Å²) in [7, 11) is 0. The van der Waals surface area contributed by atoms with Gasteiger partial charge in [0.15, 0.2) is 0 Å². The predicted octanol–water partition coefficient (Wildman–Crippen LogP) is 4.20. The van der Waals surface area contributed by atoms with Crippen molar-refractivity contribution in [3.63, 3.8) is 0 Å². The summed E-state index contributed by atoms with van der Waals surface area (Å²) in [6, 6.07) is 10.8. The average molecular weight is 279 g/mol. The van der Waals surface area contributed by atoms with Crippen LogP contribution in [0.3, 0.4) is 0 Å². The minimum Gasteiger partial charge on any atom is -0.262 e. The molecule has 0 aliphatic carbocycles. The van der Waals surface area contributed by atoms with Gasteiger partial charge in [0.2, 0.25) is 0 Å². The molecule has 0 spiro atoms. The predicted molar refractivity (Wildman–Crippen MR) is 70.5 cm³/mol. The molecule has 2 rings (SSSR count). The van der Waals surface area contributed by atoms with Gasteiger partial charge in [-0.15, -0.1) is 0 Å². The molecular weight excluding hydrogens is 264 g/mol. The molecule has 0 atom stereocenters. The second-order valence-electron chi connectivity index (χ2n) is 4.22. The van der Waals surface area contributed by atoms with Gasteiger partial charge in [-0.2, -0.15) is 5.10 Å². The third-order valence-electron chi connectivity index (χ3n) is 2.49. The summed E-state index contributed by atoms with van der Waals surface area (Å²) >= 11 is 3.45. The Morgan fingerprint density at radius 2 is 1.81 bits per heavy atom. The lowest BCUT2D eigenvalue weighted by molar-refractivity contribution is 0.535. The fourth-order valence-corrected chi connectivity index (χ4v) is 2.01. The summed E-state index contributed by atoms with van der Waals surface area (Å²) in [4.78, 5) is 0. The van der Waals surface area contributed by atoms with Crippen LogP contribution in [0.4, 0.5) is 0 Å². The Labute approximate surface area is 104 Å². The molecule has 84 valence electrons. The van der Waals surface area contributed by atoms with E-state index in [1.807, 2.05) is 6.92 Å². The molecule has 0 radical (unpaired) electrons. The van der Waals surface area contributed by atoms with Crippen LogP contribution < -0.4 is 0 Å². The molecule has 1 aromatic carbocycles. The van der Waals surface area contributed by atoms with Gasteiger partial charge in [-0.3, -0.25) is 4.68 Å². The zero-order valence-corrected chi connectivity index (χ0v) is 11.3. The third kappa shape index (κ3) is 2.19. The standard InChI is InChI=1S/C13H15BrN2/c1-9(2)16-13(8-10(3)15-16)11-4-6-12(14)7-5-11/h4-9H,1-3H3. The molecule has 0 saturated heterocycles. The Bertz CT molecular complexity index is 483. The molecule has 16 heavy (non-hydrogen) atoms. The Morgan fingerprint density at radius 1 is 1.19 bits per heavy atom. The smallest absolute Gasteiger partial charge is 0.0688 e. The van der Waals surface area contributed by atoms with Crippen molar-refractivity contribution in [1.82, 2.24) is 9.78 Å². The highest BCUT2D eigenvalue weighted by Crippen LogP contribution is 2.24. The van der Waals surface area contributed by atoms with Gasteiger partial charge in [-0.05, 0) is 44.5 Å². The number of aryl methyl sites for hydroxylation is 1. The Kier molecular flexibility index (Phi) is 3.15. The van der Waals surface area contributed by atoms with E-state index in [2.05, 4.69) is 69.9 Å². The topological polar surface area (TPSA) is 17.8 Å². The van der Waals surface area contributed by atoms with E-state index in [1.54, 1.807) is 0 Å². The lowest BCUT2D eigenvalue weighted by Crippen LogP contribution is -2.04. The molecule has 0 saturated carbocycles. The van der Waals surface area contributed by atoms with E-state index >= 15 is 0 Å². The second kappa shape index (κ2) is 4.42. The lowest BCUT2D eigenvalue weighted by Gasteiger charge is -2.10. The van der Waals surface area contributed by atoms with Crippen molar-refractivity contribution in [3.05, 3.63) is 40.5 Å². The van der Waals surface area contributed by atoms with Crippen molar-refractivity contribution >= 4 is 15.9 Å². The highest BCUT2D eigenvalue weighted by atomic mass is 79.9. The molecule has 0 unspecified atom stereocenters. The van der Waals surface area contributed by atoms with Crippen molar-refractivity contribution in [1.29, 1.82) is 0 Å². The average Bonchev–Trinajstić information content (AvgIpc) is 2.61. The first-order chi connectivity index (χ1) is 7.58. The summed E-state index contributed by atoms with van der Waals surface area (Å²) < 4.78 is 3.17. The lowest BCUT2D eigenvalue weighted by atomic mass is 10.1. The third-order valence-corrected chi connectivity index (χ3v) is 3.02. The maximum atomic E-state index is 4.51. The molecule has 0 amide bonds.